The molecule has 6 nitrogen and oxygen atoms in total. The molecule has 1 unspecified atom stereocenters. The fraction of sp³-hybridized carbons (Fsp3) is 0.846. The topological polar surface area (TPSA) is 81.1 Å². The molecule has 19 heavy (non-hydrogen) atoms. The number of nitrogens with zero attached hydrogens (tertiary/aromatic N) is 2. The Hall–Kier alpha value is -1.30. The number of urea groups is 1. The van der Waals surface area contributed by atoms with E-state index < -0.39 is 18.1 Å². The Bertz CT molecular complexity index is 372. The summed E-state index contributed by atoms with van der Waals surface area (Å²) < 4.78 is 0. The number of carboxylic acid groups (broad SMARTS) is 1. The summed E-state index contributed by atoms with van der Waals surface area (Å²) in [4.78, 5) is 26.5. The molecule has 2 rings (SSSR count). The van der Waals surface area contributed by atoms with Crippen molar-refractivity contribution < 1.29 is 19.8 Å². The predicted molar refractivity (Wildman–Crippen MR) is 68.7 cm³/mol. The number of hydrogen-bond acceptors (Lipinski definition) is 3. The second kappa shape index (κ2) is 5.36. The number of aliphatic hydroxyl groups is 1. The average molecular weight is 270 g/mol. The van der Waals surface area contributed by atoms with Gasteiger partial charge in [0.1, 0.15) is 6.04 Å². The van der Waals surface area contributed by atoms with E-state index in [4.69, 9.17) is 5.11 Å². The van der Waals surface area contributed by atoms with Crippen molar-refractivity contribution in [2.75, 3.05) is 19.6 Å². The van der Waals surface area contributed by atoms with Gasteiger partial charge in [-0.2, -0.15) is 0 Å². The molecule has 2 saturated heterocycles. The lowest BCUT2D eigenvalue weighted by Gasteiger charge is -2.27. The predicted octanol–water partition coefficient (Wildman–Crippen LogP) is 0.604. The molecule has 0 radical (unpaired) electrons. The molecule has 0 aliphatic carbocycles. The number of carbonyl (C=O) groups is 2. The molecule has 0 aromatic carbocycles. The quantitative estimate of drug-likeness (QED) is 0.770. The molecule has 2 aliphatic heterocycles. The Morgan fingerprint density at radius 2 is 1.95 bits per heavy atom. The zero-order chi connectivity index (χ0) is 14.2. The molecule has 0 spiro atoms. The maximum Gasteiger partial charge on any atom is 0.326 e. The van der Waals surface area contributed by atoms with Crippen LogP contribution < -0.4 is 0 Å². The summed E-state index contributed by atoms with van der Waals surface area (Å²) in [7, 11) is 0. The number of likely N-dealkylation sites (tertiary alicyclic amines) is 2. The summed E-state index contributed by atoms with van der Waals surface area (Å²) in [6.45, 7) is 5.77. The first kappa shape index (κ1) is 14.1. The SMILES string of the molecule is CC(C)C1CCN(C(=O)N2C[C@@H](O)C[C@H]2C(=O)O)C1. The third-order valence-corrected chi connectivity index (χ3v) is 4.25. The van der Waals surface area contributed by atoms with Crippen LogP contribution in [-0.2, 0) is 4.79 Å². The van der Waals surface area contributed by atoms with Gasteiger partial charge in [-0.05, 0) is 18.3 Å². The molecule has 2 amide bonds. The van der Waals surface area contributed by atoms with Gasteiger partial charge in [-0.3, -0.25) is 0 Å². The van der Waals surface area contributed by atoms with Crippen LogP contribution in [0.3, 0.4) is 0 Å². The molecular weight excluding hydrogens is 248 g/mol. The Morgan fingerprint density at radius 3 is 2.47 bits per heavy atom. The smallest absolute Gasteiger partial charge is 0.326 e. The van der Waals surface area contributed by atoms with Gasteiger partial charge < -0.3 is 20.0 Å². The number of aliphatic hydroxyl groups excluding tert-OH is 1. The lowest BCUT2D eigenvalue weighted by molar-refractivity contribution is -0.141. The van der Waals surface area contributed by atoms with Crippen LogP contribution in [0, 0.1) is 11.8 Å². The zero-order valence-corrected chi connectivity index (χ0v) is 11.5. The first-order valence-electron chi connectivity index (χ1n) is 6.86. The normalized spacial score (nSPS) is 31.3. The van der Waals surface area contributed by atoms with Crippen LogP contribution >= 0.6 is 0 Å². The highest BCUT2D eigenvalue weighted by molar-refractivity contribution is 5.83. The number of amides is 2. The number of hydrogen-bond donors (Lipinski definition) is 2. The third kappa shape index (κ3) is 2.83. The highest BCUT2D eigenvalue weighted by Crippen LogP contribution is 2.27. The standard InChI is InChI=1S/C13H22N2O4/c1-8(2)9-3-4-14(6-9)13(19)15-7-10(16)5-11(15)12(17)18/h8-11,16H,3-7H2,1-2H3,(H,17,18)/t9?,10-,11-/m0/s1. The molecule has 2 fully saturated rings. The van der Waals surface area contributed by atoms with E-state index in [9.17, 15) is 14.7 Å². The van der Waals surface area contributed by atoms with Crippen molar-refractivity contribution in [3.05, 3.63) is 0 Å². The number of carboxylic acids is 1. The minimum absolute atomic E-state index is 0.124. The molecule has 3 atom stereocenters. The molecule has 2 heterocycles. The van der Waals surface area contributed by atoms with E-state index in [1.54, 1.807) is 4.90 Å². The first-order valence-corrected chi connectivity index (χ1v) is 6.86. The van der Waals surface area contributed by atoms with Crippen molar-refractivity contribution in [3.8, 4) is 0 Å². The lowest BCUT2D eigenvalue weighted by atomic mass is 9.95. The number of aliphatic carboxylic acids is 1. The van der Waals surface area contributed by atoms with Crippen LogP contribution in [0.25, 0.3) is 0 Å². The molecule has 0 aromatic rings. The Labute approximate surface area is 113 Å². The van der Waals surface area contributed by atoms with Crippen molar-refractivity contribution in [3.63, 3.8) is 0 Å². The molecule has 108 valence electrons. The molecule has 0 bridgehead atoms. The van der Waals surface area contributed by atoms with Crippen molar-refractivity contribution in [2.24, 2.45) is 11.8 Å². The van der Waals surface area contributed by atoms with Crippen molar-refractivity contribution in [1.29, 1.82) is 0 Å². The number of rotatable bonds is 2. The number of carbonyl (C=O) groups excluding carboxylic acids is 1. The van der Waals surface area contributed by atoms with Gasteiger partial charge in [0.2, 0.25) is 0 Å². The van der Waals surface area contributed by atoms with E-state index in [-0.39, 0.29) is 19.0 Å². The van der Waals surface area contributed by atoms with E-state index in [2.05, 4.69) is 13.8 Å². The highest BCUT2D eigenvalue weighted by Gasteiger charge is 2.42. The van der Waals surface area contributed by atoms with E-state index in [0.717, 1.165) is 6.42 Å². The van der Waals surface area contributed by atoms with Crippen LogP contribution in [0.5, 0.6) is 0 Å². The van der Waals surface area contributed by atoms with Crippen LogP contribution in [0.15, 0.2) is 0 Å². The van der Waals surface area contributed by atoms with Crippen LogP contribution in [0.4, 0.5) is 4.79 Å². The minimum Gasteiger partial charge on any atom is -0.480 e. The molecule has 2 N–H and O–H groups in total. The van der Waals surface area contributed by atoms with Crippen molar-refractivity contribution >= 4 is 12.0 Å². The lowest BCUT2D eigenvalue weighted by Crippen LogP contribution is -2.47. The fourth-order valence-corrected chi connectivity index (χ4v) is 2.95. The summed E-state index contributed by atoms with van der Waals surface area (Å²) >= 11 is 0. The van der Waals surface area contributed by atoms with Crippen LogP contribution in [0.1, 0.15) is 26.7 Å². The Balaban J connectivity index is 2.01. The monoisotopic (exact) mass is 270 g/mol. The zero-order valence-electron chi connectivity index (χ0n) is 11.5. The van der Waals surface area contributed by atoms with Crippen LogP contribution in [-0.4, -0.2) is 63.8 Å². The maximum atomic E-state index is 12.4. The average Bonchev–Trinajstić information content (AvgIpc) is 2.94. The van der Waals surface area contributed by atoms with Gasteiger partial charge in [0, 0.05) is 26.1 Å². The summed E-state index contributed by atoms with van der Waals surface area (Å²) in [5.74, 6) is -0.0264. The van der Waals surface area contributed by atoms with Crippen molar-refractivity contribution in [1.82, 2.24) is 9.80 Å². The summed E-state index contributed by atoms with van der Waals surface area (Å²) in [6, 6.07) is -1.13. The Kier molecular flexibility index (Phi) is 3.99. The van der Waals surface area contributed by atoms with E-state index in [1.807, 2.05) is 0 Å². The maximum absolute atomic E-state index is 12.4. The van der Waals surface area contributed by atoms with Gasteiger partial charge in [0.25, 0.3) is 0 Å². The fourth-order valence-electron chi connectivity index (χ4n) is 2.95. The first-order chi connectivity index (χ1) is 8.90. The van der Waals surface area contributed by atoms with Gasteiger partial charge >= 0.3 is 12.0 Å². The van der Waals surface area contributed by atoms with Gasteiger partial charge in [0.05, 0.1) is 6.10 Å². The van der Waals surface area contributed by atoms with E-state index in [0.29, 0.717) is 24.9 Å². The molecule has 6 heteroatoms. The van der Waals surface area contributed by atoms with Crippen molar-refractivity contribution in [2.45, 2.75) is 38.8 Å². The Morgan fingerprint density at radius 1 is 1.26 bits per heavy atom. The molecule has 0 aromatic heterocycles. The van der Waals surface area contributed by atoms with Gasteiger partial charge in [-0.1, -0.05) is 13.8 Å². The van der Waals surface area contributed by atoms with Gasteiger partial charge in [0.15, 0.2) is 0 Å². The summed E-state index contributed by atoms with van der Waals surface area (Å²) in [5, 5.41) is 18.7. The second-order valence-corrected chi connectivity index (χ2v) is 5.92. The van der Waals surface area contributed by atoms with Gasteiger partial charge in [-0.15, -0.1) is 0 Å². The third-order valence-electron chi connectivity index (χ3n) is 4.25. The highest BCUT2D eigenvalue weighted by atomic mass is 16.4. The molecule has 2 aliphatic rings. The largest absolute Gasteiger partial charge is 0.480 e. The molecule has 0 saturated carbocycles. The minimum atomic E-state index is -1.04. The van der Waals surface area contributed by atoms with Crippen LogP contribution in [0.2, 0.25) is 0 Å². The second-order valence-electron chi connectivity index (χ2n) is 5.92. The number of β-amino-alcohol motifs (C(OH)–C–C–N with tert-alkyl or cyclic N) is 1. The molecular formula is C13H22N2O4. The summed E-state index contributed by atoms with van der Waals surface area (Å²) in [5.41, 5.74) is 0. The summed E-state index contributed by atoms with van der Waals surface area (Å²) in [6.07, 6.45) is 0.369. The van der Waals surface area contributed by atoms with Gasteiger partial charge in [-0.25, -0.2) is 9.59 Å². The van der Waals surface area contributed by atoms with E-state index >= 15 is 0 Å². The van der Waals surface area contributed by atoms with E-state index in [1.165, 1.54) is 4.90 Å².